The maximum atomic E-state index is 11.6. The van der Waals surface area contributed by atoms with Crippen molar-refractivity contribution in [2.45, 2.75) is 33.1 Å². The summed E-state index contributed by atoms with van der Waals surface area (Å²) in [6.45, 7) is 6.91. The van der Waals surface area contributed by atoms with Gasteiger partial charge >= 0.3 is 0 Å². The molecule has 0 aromatic rings. The molecule has 3 heteroatoms. The van der Waals surface area contributed by atoms with Crippen LogP contribution in [0.15, 0.2) is 0 Å². The molecule has 1 aliphatic heterocycles. The van der Waals surface area contributed by atoms with Gasteiger partial charge in [0.25, 0.3) is 0 Å². The molecule has 1 N–H and O–H groups in total. The summed E-state index contributed by atoms with van der Waals surface area (Å²) in [6, 6.07) is 0. The van der Waals surface area contributed by atoms with Crippen LogP contribution >= 0.6 is 0 Å². The zero-order valence-corrected chi connectivity index (χ0v) is 9.60. The van der Waals surface area contributed by atoms with Gasteiger partial charge in [0.15, 0.2) is 0 Å². The van der Waals surface area contributed by atoms with Crippen molar-refractivity contribution in [3.05, 3.63) is 0 Å². The van der Waals surface area contributed by atoms with Gasteiger partial charge in [0.1, 0.15) is 0 Å². The summed E-state index contributed by atoms with van der Waals surface area (Å²) in [7, 11) is 1.82. The average Bonchev–Trinajstić information content (AvgIpc) is 2.19. The Morgan fingerprint density at radius 2 is 2.00 bits per heavy atom. The van der Waals surface area contributed by atoms with Gasteiger partial charge in [-0.25, -0.2) is 0 Å². The van der Waals surface area contributed by atoms with Gasteiger partial charge in [0.2, 0.25) is 5.91 Å². The van der Waals surface area contributed by atoms with E-state index in [0.29, 0.717) is 12.0 Å². The number of carbonyl (C=O) groups is 1. The van der Waals surface area contributed by atoms with Crippen LogP contribution in [0.25, 0.3) is 0 Å². The van der Waals surface area contributed by atoms with Crippen molar-refractivity contribution in [2.75, 3.05) is 26.7 Å². The molecular weight excluding hydrogens is 176 g/mol. The van der Waals surface area contributed by atoms with E-state index < -0.39 is 0 Å². The van der Waals surface area contributed by atoms with Crippen molar-refractivity contribution in [1.29, 1.82) is 0 Å². The largest absolute Gasteiger partial charge is 0.342 e. The van der Waals surface area contributed by atoms with Crippen LogP contribution in [-0.2, 0) is 4.79 Å². The fourth-order valence-electron chi connectivity index (χ4n) is 1.91. The second-order valence-electron chi connectivity index (χ2n) is 4.58. The molecule has 1 heterocycles. The lowest BCUT2D eigenvalue weighted by atomic mass is 9.78. The van der Waals surface area contributed by atoms with E-state index in [4.69, 9.17) is 0 Å². The number of nitrogens with one attached hydrogen (secondary N) is 1. The molecule has 1 aliphatic rings. The van der Waals surface area contributed by atoms with E-state index in [1.165, 1.54) is 6.42 Å². The molecule has 14 heavy (non-hydrogen) atoms. The molecule has 1 fully saturated rings. The monoisotopic (exact) mass is 198 g/mol. The van der Waals surface area contributed by atoms with E-state index in [2.05, 4.69) is 19.2 Å². The summed E-state index contributed by atoms with van der Waals surface area (Å²) >= 11 is 0. The van der Waals surface area contributed by atoms with Crippen molar-refractivity contribution >= 4 is 5.91 Å². The lowest BCUT2D eigenvalue weighted by Gasteiger charge is -2.38. The summed E-state index contributed by atoms with van der Waals surface area (Å²) in [5.41, 5.74) is 0.469. The second kappa shape index (κ2) is 4.78. The maximum Gasteiger partial charge on any atom is 0.236 e. The van der Waals surface area contributed by atoms with Gasteiger partial charge in [-0.3, -0.25) is 4.79 Å². The van der Waals surface area contributed by atoms with Gasteiger partial charge in [0.05, 0.1) is 6.54 Å². The molecule has 82 valence electrons. The molecule has 0 aromatic heterocycles. The first-order chi connectivity index (χ1) is 6.61. The molecule has 0 saturated carbocycles. The highest BCUT2D eigenvalue weighted by atomic mass is 16.2. The molecule has 3 nitrogen and oxygen atoms in total. The van der Waals surface area contributed by atoms with Crippen molar-refractivity contribution in [3.8, 4) is 0 Å². The Hall–Kier alpha value is -0.570. The van der Waals surface area contributed by atoms with Gasteiger partial charge in [-0.15, -0.1) is 0 Å². The van der Waals surface area contributed by atoms with E-state index in [0.717, 1.165) is 25.9 Å². The molecule has 1 rings (SSSR count). The zero-order chi connectivity index (χ0) is 10.6. The molecule has 0 atom stereocenters. The maximum absolute atomic E-state index is 11.6. The first kappa shape index (κ1) is 11.5. The third-order valence-electron chi connectivity index (χ3n) is 3.50. The van der Waals surface area contributed by atoms with E-state index in [9.17, 15) is 4.79 Å². The van der Waals surface area contributed by atoms with Gasteiger partial charge in [-0.2, -0.15) is 0 Å². The molecule has 0 bridgehead atoms. The number of likely N-dealkylation sites (tertiary alicyclic amines) is 1. The topological polar surface area (TPSA) is 32.3 Å². The van der Waals surface area contributed by atoms with Crippen molar-refractivity contribution < 1.29 is 4.79 Å². The average molecular weight is 198 g/mol. The molecule has 0 aliphatic carbocycles. The van der Waals surface area contributed by atoms with Gasteiger partial charge < -0.3 is 10.2 Å². The fraction of sp³-hybridized carbons (Fsp3) is 0.909. The van der Waals surface area contributed by atoms with Crippen LogP contribution < -0.4 is 5.32 Å². The Kier molecular flexibility index (Phi) is 3.93. The third-order valence-corrected chi connectivity index (χ3v) is 3.50. The first-order valence-corrected chi connectivity index (χ1v) is 5.54. The van der Waals surface area contributed by atoms with Crippen LogP contribution in [0.1, 0.15) is 33.1 Å². The van der Waals surface area contributed by atoms with E-state index in [1.807, 2.05) is 11.9 Å². The highest BCUT2D eigenvalue weighted by Crippen LogP contribution is 2.33. The number of amides is 1. The van der Waals surface area contributed by atoms with E-state index in [-0.39, 0.29) is 5.91 Å². The predicted molar refractivity (Wildman–Crippen MR) is 58.1 cm³/mol. The standard InChI is InChI=1S/C11H22N2O/c1-4-11(2)5-7-13(8-6-11)10(14)9-12-3/h12H,4-9H2,1-3H3. The third kappa shape index (κ3) is 2.71. The molecule has 1 amide bonds. The minimum Gasteiger partial charge on any atom is -0.342 e. The van der Waals surface area contributed by atoms with Crippen LogP contribution in [0.4, 0.5) is 0 Å². The van der Waals surface area contributed by atoms with Crippen LogP contribution in [0, 0.1) is 5.41 Å². The van der Waals surface area contributed by atoms with Crippen LogP contribution in [0.2, 0.25) is 0 Å². The highest BCUT2D eigenvalue weighted by molar-refractivity contribution is 5.78. The normalized spacial score (nSPS) is 20.9. The number of hydrogen-bond donors (Lipinski definition) is 1. The number of rotatable bonds is 3. The highest BCUT2D eigenvalue weighted by Gasteiger charge is 2.29. The van der Waals surface area contributed by atoms with Crippen molar-refractivity contribution in [2.24, 2.45) is 5.41 Å². The number of likely N-dealkylation sites (N-methyl/N-ethyl adjacent to an activating group) is 1. The Morgan fingerprint density at radius 1 is 1.43 bits per heavy atom. The number of piperidine rings is 1. The summed E-state index contributed by atoms with van der Waals surface area (Å²) in [4.78, 5) is 13.5. The lowest BCUT2D eigenvalue weighted by molar-refractivity contribution is -0.132. The minimum absolute atomic E-state index is 0.241. The quantitative estimate of drug-likeness (QED) is 0.740. The van der Waals surface area contributed by atoms with Crippen LogP contribution in [0.3, 0.4) is 0 Å². The summed E-state index contributed by atoms with van der Waals surface area (Å²) in [5.74, 6) is 0.241. The molecule has 0 spiro atoms. The molecular formula is C11H22N2O. The summed E-state index contributed by atoms with van der Waals surface area (Å²) in [5, 5.41) is 2.91. The Labute approximate surface area is 86.9 Å². The smallest absolute Gasteiger partial charge is 0.236 e. The Bertz CT molecular complexity index is 195. The molecule has 0 aromatic carbocycles. The SMILES string of the molecule is CCC1(C)CCN(C(=O)CNC)CC1. The van der Waals surface area contributed by atoms with E-state index in [1.54, 1.807) is 0 Å². The van der Waals surface area contributed by atoms with Gasteiger partial charge in [-0.05, 0) is 25.3 Å². The summed E-state index contributed by atoms with van der Waals surface area (Å²) < 4.78 is 0. The van der Waals surface area contributed by atoms with E-state index >= 15 is 0 Å². The molecule has 1 saturated heterocycles. The first-order valence-electron chi connectivity index (χ1n) is 5.54. The van der Waals surface area contributed by atoms with Gasteiger partial charge in [-0.1, -0.05) is 20.3 Å². The number of nitrogens with zero attached hydrogens (tertiary/aromatic N) is 1. The van der Waals surface area contributed by atoms with Crippen molar-refractivity contribution in [1.82, 2.24) is 10.2 Å². The minimum atomic E-state index is 0.241. The molecule has 0 radical (unpaired) electrons. The Morgan fingerprint density at radius 3 is 2.43 bits per heavy atom. The number of carbonyl (C=O) groups excluding carboxylic acids is 1. The second-order valence-corrected chi connectivity index (χ2v) is 4.58. The lowest BCUT2D eigenvalue weighted by Crippen LogP contribution is -2.44. The Balaban J connectivity index is 2.39. The zero-order valence-electron chi connectivity index (χ0n) is 9.60. The fourth-order valence-corrected chi connectivity index (χ4v) is 1.91. The van der Waals surface area contributed by atoms with Crippen LogP contribution in [-0.4, -0.2) is 37.5 Å². The number of hydrogen-bond acceptors (Lipinski definition) is 2. The molecule has 0 unspecified atom stereocenters. The van der Waals surface area contributed by atoms with Crippen LogP contribution in [0.5, 0.6) is 0 Å². The van der Waals surface area contributed by atoms with Gasteiger partial charge in [0, 0.05) is 13.1 Å². The van der Waals surface area contributed by atoms with Crippen molar-refractivity contribution in [3.63, 3.8) is 0 Å². The predicted octanol–water partition coefficient (Wildman–Crippen LogP) is 1.24. The summed E-state index contributed by atoms with van der Waals surface area (Å²) in [6.07, 6.45) is 3.53.